The quantitative estimate of drug-likeness (QED) is 0.701. The van der Waals surface area contributed by atoms with Gasteiger partial charge in [0.15, 0.2) is 0 Å². The van der Waals surface area contributed by atoms with Crippen LogP contribution < -0.4 is 0 Å². The van der Waals surface area contributed by atoms with Gasteiger partial charge in [-0.05, 0) is 0 Å². The van der Waals surface area contributed by atoms with E-state index in [9.17, 15) is 0 Å². The Morgan fingerprint density at radius 1 is 0.706 bits per heavy atom. The van der Waals surface area contributed by atoms with Gasteiger partial charge in [-0.2, -0.15) is 0 Å². The van der Waals surface area contributed by atoms with Crippen molar-refractivity contribution in [2.75, 3.05) is 21.3 Å². The van der Waals surface area contributed by atoms with Crippen molar-refractivity contribution < 1.29 is 21.3 Å². The van der Waals surface area contributed by atoms with Gasteiger partial charge in [0.2, 0.25) is 0 Å². The molecule has 17 heavy (non-hydrogen) atoms. The summed E-state index contributed by atoms with van der Waals surface area (Å²) in [6.07, 6.45) is 8.18. The molecule has 0 saturated heterocycles. The van der Waals surface area contributed by atoms with Crippen molar-refractivity contribution in [3.63, 3.8) is 0 Å². The van der Waals surface area contributed by atoms with E-state index >= 15 is 0 Å². The zero-order chi connectivity index (χ0) is 13.9. The molecule has 0 aromatic carbocycles. The van der Waals surface area contributed by atoms with E-state index in [0.717, 1.165) is 0 Å². The monoisotopic (exact) mass is 281 g/mol. The second kappa shape index (κ2) is 1.72. The van der Waals surface area contributed by atoms with Crippen molar-refractivity contribution in [2.24, 2.45) is 0 Å². The average Bonchev–Trinajstić information content (AvgIpc) is 2.75. The summed E-state index contributed by atoms with van der Waals surface area (Å²) in [6.45, 7) is 0. The van der Waals surface area contributed by atoms with Crippen molar-refractivity contribution in [3.05, 3.63) is 24.3 Å². The zero-order valence-electron chi connectivity index (χ0n) is 12.6. The van der Waals surface area contributed by atoms with Crippen molar-refractivity contribution in [1.82, 2.24) is 0 Å². The van der Waals surface area contributed by atoms with E-state index < -0.39 is 11.3 Å². The summed E-state index contributed by atoms with van der Waals surface area (Å²) >= 11 is -5.95. The molecule has 0 spiro atoms. The summed E-state index contributed by atoms with van der Waals surface area (Å²) in [4.78, 5) is 0. The fraction of sp³-hybridized carbons (Fsp3) is 0.692. The van der Waals surface area contributed by atoms with E-state index in [1.54, 1.807) is 21.3 Å². The fourth-order valence-corrected chi connectivity index (χ4v) is 8.43. The van der Waals surface area contributed by atoms with Gasteiger partial charge in [0.25, 0.3) is 0 Å². The Morgan fingerprint density at radius 3 is 1.24 bits per heavy atom. The van der Waals surface area contributed by atoms with Crippen LogP contribution in [-0.2, 0) is 21.3 Å². The third-order valence-electron chi connectivity index (χ3n) is 6.74. The topological polar surface area (TPSA) is 27.7 Å². The molecule has 1 rings (SSSR count). The minimum absolute atomic E-state index is 0.0880. The SMILES string of the molecule is C[O][Ti]([CH3])([CH3])([CH3])([CH3])([CH3])([O]C)([O]C)[CH]1C=CC=C1. The Balaban J connectivity index is 4.15. The van der Waals surface area contributed by atoms with Gasteiger partial charge >= 0.3 is 97.3 Å². The van der Waals surface area contributed by atoms with Crippen LogP contribution >= 0.6 is 0 Å². The molecule has 3 nitrogen and oxygen atoms in total. The first-order chi connectivity index (χ1) is 7.00. The van der Waals surface area contributed by atoms with Crippen LogP contribution in [0, 0.1) is 0 Å². The van der Waals surface area contributed by atoms with Crippen molar-refractivity contribution in [2.45, 2.75) is 30.4 Å². The molecular weight excluding hydrogens is 252 g/mol. The van der Waals surface area contributed by atoms with Gasteiger partial charge in [-0.25, -0.2) is 0 Å². The van der Waals surface area contributed by atoms with Gasteiger partial charge in [-0.1, -0.05) is 0 Å². The van der Waals surface area contributed by atoms with Crippen LogP contribution in [0.1, 0.15) is 0 Å². The van der Waals surface area contributed by atoms with Crippen molar-refractivity contribution in [1.29, 1.82) is 0 Å². The first kappa shape index (κ1) is 15.1. The van der Waals surface area contributed by atoms with Gasteiger partial charge in [0.1, 0.15) is 0 Å². The Morgan fingerprint density at radius 2 is 1.00 bits per heavy atom. The van der Waals surface area contributed by atoms with Crippen LogP contribution in [0.4, 0.5) is 0 Å². The second-order valence-corrected chi connectivity index (χ2v) is 46.5. The Kier molecular flexibility index (Phi) is 1.53. The summed E-state index contributed by atoms with van der Waals surface area (Å²) in [5.41, 5.74) is 0. The summed E-state index contributed by atoms with van der Waals surface area (Å²) in [6, 6.07) is 0. The molecule has 0 aliphatic heterocycles. The fourth-order valence-electron chi connectivity index (χ4n) is 2.29. The summed E-state index contributed by atoms with van der Waals surface area (Å²) in [7, 11) is 5.03. The Hall–Kier alpha value is 0.0743. The molecule has 4 heteroatoms. The Labute approximate surface area is 97.2 Å². The average molecular weight is 281 g/mol. The van der Waals surface area contributed by atoms with Crippen LogP contribution in [0.25, 0.3) is 0 Å². The van der Waals surface area contributed by atoms with Crippen molar-refractivity contribution in [3.8, 4) is 0 Å². The zero-order valence-corrected chi connectivity index (χ0v) is 14.2. The molecule has 0 atom stereocenters. The van der Waals surface area contributed by atoms with Gasteiger partial charge in [0, 0.05) is 0 Å². The molecule has 0 unspecified atom stereocenters. The van der Waals surface area contributed by atoms with Crippen LogP contribution in [-0.4, -0.2) is 21.3 Å². The van der Waals surface area contributed by atoms with E-state index in [1.165, 1.54) is 0 Å². The molecule has 103 valence electrons. The number of hydrogen-bond donors (Lipinski definition) is 0. The first-order valence-corrected chi connectivity index (χ1v) is 16.9. The molecule has 0 N–H and O–H groups in total. The van der Waals surface area contributed by atoms with E-state index in [2.05, 4.69) is 12.2 Å². The number of hydrogen-bond acceptors (Lipinski definition) is 3. The van der Waals surface area contributed by atoms with Gasteiger partial charge in [-0.15, -0.1) is 0 Å². The molecule has 0 amide bonds. The van der Waals surface area contributed by atoms with Gasteiger partial charge in [0.05, 0.1) is 0 Å². The Bertz CT molecular complexity index is 472. The molecule has 0 heterocycles. The number of rotatable bonds is 4. The third kappa shape index (κ3) is 1.44. The third-order valence-corrected chi connectivity index (χ3v) is 26.0. The van der Waals surface area contributed by atoms with E-state index in [-0.39, 0.29) is 4.22 Å². The van der Waals surface area contributed by atoms with Crippen LogP contribution in [0.5, 0.6) is 0 Å². The predicted octanol–water partition coefficient (Wildman–Crippen LogP) is 4.66. The summed E-state index contributed by atoms with van der Waals surface area (Å²) in [5.74, 6) is 0. The molecular formula is C13H29O3Ti. The standard InChI is InChI=1S/C5H5.3CH3O.5CH3.Ti/c1-2-4-5-3-1;3*1-2;;;;;;/h1-5H;3*1H3;5*1H3;/q;3*-1;;;;;;+3. The molecule has 0 bridgehead atoms. The summed E-state index contributed by atoms with van der Waals surface area (Å²) in [5, 5.41) is 10.1. The molecule has 1 aliphatic rings. The van der Waals surface area contributed by atoms with Crippen molar-refractivity contribution >= 4 is 0 Å². The normalized spacial score (nSPS) is 29.5. The van der Waals surface area contributed by atoms with E-state index in [0.29, 0.717) is 0 Å². The molecule has 0 saturated carbocycles. The second-order valence-electron chi connectivity index (χ2n) is 12.0. The molecule has 0 aromatic rings. The van der Waals surface area contributed by atoms with Crippen LogP contribution in [0.15, 0.2) is 24.3 Å². The van der Waals surface area contributed by atoms with Gasteiger partial charge < -0.3 is 0 Å². The van der Waals surface area contributed by atoms with Gasteiger partial charge in [-0.3, -0.25) is 0 Å². The van der Waals surface area contributed by atoms with E-state index in [4.69, 9.17) is 9.96 Å². The predicted molar refractivity (Wildman–Crippen MR) is 72.4 cm³/mol. The van der Waals surface area contributed by atoms with Crippen LogP contribution in [0.2, 0.25) is 30.4 Å². The maximum atomic E-state index is 6.26. The number of allylic oxidation sites excluding steroid dienone is 4. The molecule has 0 radical (unpaired) electrons. The molecule has 0 aromatic heterocycles. The molecule has 0 fully saturated rings. The first-order valence-electron chi connectivity index (χ1n) is 6.29. The summed E-state index contributed by atoms with van der Waals surface area (Å²) < 4.78 is 18.7. The molecule has 1 aliphatic carbocycles. The minimum atomic E-state index is -5.95. The van der Waals surface area contributed by atoms with E-state index in [1.807, 2.05) is 38.3 Å². The maximum absolute atomic E-state index is 6.26. The van der Waals surface area contributed by atoms with Crippen LogP contribution in [0.3, 0.4) is 0 Å².